The first-order chi connectivity index (χ1) is 9.90. The van der Waals surface area contributed by atoms with E-state index in [0.717, 1.165) is 25.7 Å². The number of rotatable bonds is 7. The third kappa shape index (κ3) is 5.94. The Hall–Kier alpha value is -0.620. The zero-order valence-electron chi connectivity index (χ0n) is 13.7. The van der Waals surface area contributed by atoms with E-state index in [9.17, 15) is 13.2 Å². The Kier molecular flexibility index (Phi) is 7.66. The molecular weight excluding hydrogens is 288 g/mol. The van der Waals surface area contributed by atoms with E-state index in [1.807, 2.05) is 13.8 Å². The van der Waals surface area contributed by atoms with E-state index >= 15 is 0 Å². The minimum Gasteiger partial charge on any atom is -0.343 e. The van der Waals surface area contributed by atoms with E-state index in [4.69, 9.17) is 0 Å². The van der Waals surface area contributed by atoms with E-state index in [0.29, 0.717) is 19.6 Å². The molecule has 124 valence electrons. The smallest absolute Gasteiger partial charge is 0.223 e. The van der Waals surface area contributed by atoms with Crippen molar-refractivity contribution in [3.05, 3.63) is 0 Å². The van der Waals surface area contributed by atoms with Crippen LogP contribution in [0.5, 0.6) is 0 Å². The summed E-state index contributed by atoms with van der Waals surface area (Å²) in [6, 6.07) is 0.0759. The number of hydrogen-bond acceptors (Lipinski definition) is 3. The SMILES string of the molecule is CCN(CC)C(=O)CCN(C1CCCCCC1)S(C)(=O)=O. The number of amides is 1. The van der Waals surface area contributed by atoms with Crippen LogP contribution >= 0.6 is 0 Å². The molecule has 1 rings (SSSR count). The summed E-state index contributed by atoms with van der Waals surface area (Å²) in [5.41, 5.74) is 0. The van der Waals surface area contributed by atoms with Crippen LogP contribution in [0.4, 0.5) is 0 Å². The molecule has 1 aliphatic rings. The Bertz CT molecular complexity index is 411. The summed E-state index contributed by atoms with van der Waals surface area (Å²) in [6.45, 7) is 5.57. The van der Waals surface area contributed by atoms with Crippen molar-refractivity contribution in [1.29, 1.82) is 0 Å². The predicted octanol–water partition coefficient (Wildman–Crippen LogP) is 2.23. The summed E-state index contributed by atoms with van der Waals surface area (Å²) >= 11 is 0. The van der Waals surface area contributed by atoms with Gasteiger partial charge in [-0.3, -0.25) is 4.79 Å². The largest absolute Gasteiger partial charge is 0.343 e. The first-order valence-electron chi connectivity index (χ1n) is 8.14. The molecule has 1 amide bonds. The van der Waals surface area contributed by atoms with Gasteiger partial charge in [0.1, 0.15) is 0 Å². The number of carbonyl (C=O) groups excluding carboxylic acids is 1. The molecule has 0 aromatic heterocycles. The molecule has 0 aliphatic heterocycles. The van der Waals surface area contributed by atoms with Crippen molar-refractivity contribution in [2.45, 2.75) is 64.8 Å². The van der Waals surface area contributed by atoms with E-state index in [2.05, 4.69) is 0 Å². The molecule has 0 saturated heterocycles. The molecule has 1 saturated carbocycles. The maximum atomic E-state index is 12.1. The zero-order chi connectivity index (χ0) is 15.9. The van der Waals surface area contributed by atoms with Crippen LogP contribution in [-0.2, 0) is 14.8 Å². The number of sulfonamides is 1. The number of hydrogen-bond donors (Lipinski definition) is 0. The molecule has 0 N–H and O–H groups in total. The van der Waals surface area contributed by atoms with E-state index in [-0.39, 0.29) is 18.4 Å². The van der Waals surface area contributed by atoms with Crippen LogP contribution in [-0.4, -0.2) is 55.5 Å². The second kappa shape index (κ2) is 8.73. The first-order valence-corrected chi connectivity index (χ1v) is 9.99. The third-order valence-corrected chi connectivity index (χ3v) is 5.65. The Morgan fingerprint density at radius 3 is 2.00 bits per heavy atom. The molecule has 1 fully saturated rings. The van der Waals surface area contributed by atoms with Crippen LogP contribution in [0.3, 0.4) is 0 Å². The van der Waals surface area contributed by atoms with Gasteiger partial charge in [-0.1, -0.05) is 25.7 Å². The summed E-state index contributed by atoms with van der Waals surface area (Å²) in [4.78, 5) is 13.8. The lowest BCUT2D eigenvalue weighted by molar-refractivity contribution is -0.131. The van der Waals surface area contributed by atoms with Crippen molar-refractivity contribution >= 4 is 15.9 Å². The van der Waals surface area contributed by atoms with Gasteiger partial charge in [-0.2, -0.15) is 4.31 Å². The van der Waals surface area contributed by atoms with Gasteiger partial charge in [-0.05, 0) is 26.7 Å². The molecule has 1 aliphatic carbocycles. The average Bonchev–Trinajstić information content (AvgIpc) is 2.68. The molecule has 5 nitrogen and oxygen atoms in total. The molecule has 21 heavy (non-hydrogen) atoms. The Labute approximate surface area is 129 Å². The maximum absolute atomic E-state index is 12.1. The van der Waals surface area contributed by atoms with Crippen molar-refractivity contribution in [1.82, 2.24) is 9.21 Å². The molecule has 0 aromatic rings. The van der Waals surface area contributed by atoms with Gasteiger partial charge in [-0.25, -0.2) is 8.42 Å². The summed E-state index contributed by atoms with van der Waals surface area (Å²) in [7, 11) is -3.25. The highest BCUT2D eigenvalue weighted by atomic mass is 32.2. The molecule has 0 spiro atoms. The van der Waals surface area contributed by atoms with Gasteiger partial charge >= 0.3 is 0 Å². The Morgan fingerprint density at radius 1 is 1.05 bits per heavy atom. The lowest BCUT2D eigenvalue weighted by Gasteiger charge is -2.29. The molecule has 0 radical (unpaired) electrons. The Morgan fingerprint density at radius 2 is 1.57 bits per heavy atom. The van der Waals surface area contributed by atoms with Gasteiger partial charge in [0, 0.05) is 32.1 Å². The van der Waals surface area contributed by atoms with Gasteiger partial charge in [0.25, 0.3) is 0 Å². The molecule has 6 heteroatoms. The van der Waals surface area contributed by atoms with Crippen LogP contribution in [0.25, 0.3) is 0 Å². The van der Waals surface area contributed by atoms with E-state index in [1.54, 1.807) is 9.21 Å². The van der Waals surface area contributed by atoms with E-state index < -0.39 is 10.0 Å². The quantitative estimate of drug-likeness (QED) is 0.676. The first kappa shape index (κ1) is 18.4. The van der Waals surface area contributed by atoms with Crippen molar-refractivity contribution in [2.75, 3.05) is 25.9 Å². The van der Waals surface area contributed by atoms with Crippen LogP contribution in [0, 0.1) is 0 Å². The summed E-state index contributed by atoms with van der Waals surface area (Å²) in [6.07, 6.45) is 7.93. The molecule has 0 heterocycles. The summed E-state index contributed by atoms with van der Waals surface area (Å²) < 4.78 is 25.7. The monoisotopic (exact) mass is 318 g/mol. The highest BCUT2D eigenvalue weighted by molar-refractivity contribution is 7.88. The molecule has 0 bridgehead atoms. The highest BCUT2D eigenvalue weighted by Gasteiger charge is 2.28. The van der Waals surface area contributed by atoms with Gasteiger partial charge in [0.05, 0.1) is 6.26 Å². The molecular formula is C15H30N2O3S. The molecule has 0 atom stereocenters. The van der Waals surface area contributed by atoms with Crippen molar-refractivity contribution in [3.63, 3.8) is 0 Å². The van der Waals surface area contributed by atoms with Gasteiger partial charge in [0.15, 0.2) is 0 Å². The summed E-state index contributed by atoms with van der Waals surface area (Å²) in [5, 5.41) is 0. The van der Waals surface area contributed by atoms with Crippen LogP contribution in [0.1, 0.15) is 58.8 Å². The minimum atomic E-state index is -3.25. The average molecular weight is 318 g/mol. The van der Waals surface area contributed by atoms with Gasteiger partial charge in [-0.15, -0.1) is 0 Å². The van der Waals surface area contributed by atoms with Crippen molar-refractivity contribution < 1.29 is 13.2 Å². The fourth-order valence-electron chi connectivity index (χ4n) is 3.11. The highest BCUT2D eigenvalue weighted by Crippen LogP contribution is 2.24. The van der Waals surface area contributed by atoms with Crippen molar-refractivity contribution in [3.8, 4) is 0 Å². The second-order valence-corrected chi connectivity index (χ2v) is 7.77. The normalized spacial score (nSPS) is 17.7. The van der Waals surface area contributed by atoms with E-state index in [1.165, 1.54) is 19.1 Å². The van der Waals surface area contributed by atoms with Gasteiger partial charge in [0.2, 0.25) is 15.9 Å². The fourth-order valence-corrected chi connectivity index (χ4v) is 4.28. The fraction of sp³-hybridized carbons (Fsp3) is 0.933. The maximum Gasteiger partial charge on any atom is 0.223 e. The van der Waals surface area contributed by atoms with Crippen LogP contribution in [0.15, 0.2) is 0 Å². The topological polar surface area (TPSA) is 57.7 Å². The Balaban J connectivity index is 2.68. The molecule has 0 unspecified atom stereocenters. The summed E-state index contributed by atoms with van der Waals surface area (Å²) in [5.74, 6) is 0.0438. The molecule has 0 aromatic carbocycles. The minimum absolute atomic E-state index is 0.0438. The standard InChI is InChI=1S/C15H30N2O3S/c1-4-16(5-2)15(18)12-13-17(21(3,19)20)14-10-8-6-7-9-11-14/h14H,4-13H2,1-3H3. The van der Waals surface area contributed by atoms with Crippen LogP contribution < -0.4 is 0 Å². The second-order valence-electron chi connectivity index (χ2n) is 5.84. The van der Waals surface area contributed by atoms with Crippen molar-refractivity contribution in [2.24, 2.45) is 0 Å². The predicted molar refractivity (Wildman–Crippen MR) is 85.6 cm³/mol. The lowest BCUT2D eigenvalue weighted by atomic mass is 10.1. The zero-order valence-corrected chi connectivity index (χ0v) is 14.5. The number of carbonyl (C=O) groups is 1. The lowest BCUT2D eigenvalue weighted by Crippen LogP contribution is -2.42. The third-order valence-electron chi connectivity index (χ3n) is 4.32. The van der Waals surface area contributed by atoms with Gasteiger partial charge < -0.3 is 4.90 Å². The van der Waals surface area contributed by atoms with Crippen LogP contribution in [0.2, 0.25) is 0 Å². The number of nitrogens with zero attached hydrogens (tertiary/aromatic N) is 2.